The molecule has 0 aromatic heterocycles. The minimum Gasteiger partial charge on any atom is -0.0622 e. The van der Waals surface area contributed by atoms with E-state index in [0.29, 0.717) is 0 Å². The van der Waals surface area contributed by atoms with E-state index < -0.39 is 0 Å². The van der Waals surface area contributed by atoms with Crippen molar-refractivity contribution < 1.29 is 1.43 Å². The Hall–Kier alpha value is -0.780. The van der Waals surface area contributed by atoms with Gasteiger partial charge in [0.1, 0.15) is 0 Å². The summed E-state index contributed by atoms with van der Waals surface area (Å²) in [5.41, 5.74) is 1.28. The van der Waals surface area contributed by atoms with Crippen molar-refractivity contribution in [2.24, 2.45) is 0 Å². The molecule has 1 aromatic carbocycles. The Morgan fingerprint density at radius 1 is 1.25 bits per heavy atom. The molecule has 0 aliphatic heterocycles. The SMILES string of the molecule is C[CH]c1ccccc1.[H+]. The number of hydrogen-bond donors (Lipinski definition) is 0. The van der Waals surface area contributed by atoms with E-state index in [1.165, 1.54) is 5.56 Å². The van der Waals surface area contributed by atoms with E-state index >= 15 is 0 Å². The Balaban J connectivity index is 0.000000640. The van der Waals surface area contributed by atoms with E-state index in [-0.39, 0.29) is 1.43 Å². The van der Waals surface area contributed by atoms with Crippen molar-refractivity contribution in [1.82, 2.24) is 0 Å². The van der Waals surface area contributed by atoms with E-state index in [1.807, 2.05) is 25.1 Å². The standard InChI is InChI=1S/C8H9/c1-2-8-6-4-3-5-7-8/h2-7H,1H3/p+1. The van der Waals surface area contributed by atoms with Crippen LogP contribution in [0.25, 0.3) is 0 Å². The van der Waals surface area contributed by atoms with Crippen LogP contribution in [0.1, 0.15) is 13.9 Å². The van der Waals surface area contributed by atoms with Crippen LogP contribution >= 0.6 is 0 Å². The highest BCUT2D eigenvalue weighted by Crippen LogP contribution is 1.98. The zero-order chi connectivity index (χ0) is 5.82. The van der Waals surface area contributed by atoms with Gasteiger partial charge in [0.25, 0.3) is 0 Å². The second-order valence-corrected chi connectivity index (χ2v) is 1.70. The maximum atomic E-state index is 2.08. The zero-order valence-corrected chi connectivity index (χ0v) is 4.96. The Morgan fingerprint density at radius 2 is 1.88 bits per heavy atom. The van der Waals surface area contributed by atoms with E-state index in [1.54, 1.807) is 0 Å². The van der Waals surface area contributed by atoms with Crippen molar-refractivity contribution >= 4 is 0 Å². The summed E-state index contributed by atoms with van der Waals surface area (Å²) in [5, 5.41) is 0. The Bertz CT molecular complexity index is 146. The fraction of sp³-hybridized carbons (Fsp3) is 0.125. The van der Waals surface area contributed by atoms with Crippen molar-refractivity contribution in [2.45, 2.75) is 6.92 Å². The van der Waals surface area contributed by atoms with E-state index in [4.69, 9.17) is 0 Å². The Morgan fingerprint density at radius 3 is 2.25 bits per heavy atom. The molecular formula is C8H10+. The third-order valence-electron chi connectivity index (χ3n) is 1.13. The lowest BCUT2D eigenvalue weighted by Gasteiger charge is -1.89. The van der Waals surface area contributed by atoms with Crippen LogP contribution in [0, 0.1) is 6.42 Å². The molecule has 0 unspecified atom stereocenters. The van der Waals surface area contributed by atoms with Crippen LogP contribution in [0.4, 0.5) is 0 Å². The number of rotatable bonds is 1. The first-order chi connectivity index (χ1) is 3.93. The molecule has 0 heterocycles. The van der Waals surface area contributed by atoms with Gasteiger partial charge >= 0.3 is 1.43 Å². The minimum atomic E-state index is 0. The number of benzene rings is 1. The first-order valence-electron chi connectivity index (χ1n) is 2.78. The minimum absolute atomic E-state index is 0. The predicted octanol–water partition coefficient (Wildman–Crippen LogP) is 2.37. The fourth-order valence-electron chi connectivity index (χ4n) is 0.645. The van der Waals surface area contributed by atoms with Crippen molar-refractivity contribution in [2.75, 3.05) is 0 Å². The lowest BCUT2D eigenvalue weighted by atomic mass is 10.2. The summed E-state index contributed by atoms with van der Waals surface area (Å²) >= 11 is 0. The van der Waals surface area contributed by atoms with Gasteiger partial charge in [0, 0.05) is 0 Å². The highest BCUT2D eigenvalue weighted by atomic mass is 13.9. The van der Waals surface area contributed by atoms with Crippen LogP contribution in [0.5, 0.6) is 0 Å². The van der Waals surface area contributed by atoms with E-state index in [0.717, 1.165) is 0 Å². The average molecular weight is 106 g/mol. The van der Waals surface area contributed by atoms with Crippen LogP contribution in [0.2, 0.25) is 0 Å². The molecule has 41 valence electrons. The van der Waals surface area contributed by atoms with Gasteiger partial charge in [-0.2, -0.15) is 0 Å². The molecule has 1 aromatic rings. The quantitative estimate of drug-likeness (QED) is 0.515. The summed E-state index contributed by atoms with van der Waals surface area (Å²) in [7, 11) is 0. The van der Waals surface area contributed by atoms with Gasteiger partial charge in [0.05, 0.1) is 0 Å². The summed E-state index contributed by atoms with van der Waals surface area (Å²) in [6.45, 7) is 2.04. The average Bonchev–Trinajstić information content (AvgIpc) is 1.90. The summed E-state index contributed by atoms with van der Waals surface area (Å²) in [4.78, 5) is 0. The van der Waals surface area contributed by atoms with Crippen molar-refractivity contribution in [1.29, 1.82) is 0 Å². The molecule has 0 amide bonds. The monoisotopic (exact) mass is 106 g/mol. The molecule has 0 aliphatic carbocycles. The smallest absolute Gasteiger partial charge is 0.0622 e. The highest BCUT2D eigenvalue weighted by molar-refractivity contribution is 5.20. The third-order valence-corrected chi connectivity index (χ3v) is 1.13. The van der Waals surface area contributed by atoms with Crippen LogP contribution < -0.4 is 0 Å². The van der Waals surface area contributed by atoms with Gasteiger partial charge in [0.2, 0.25) is 0 Å². The van der Waals surface area contributed by atoms with Crippen LogP contribution in [-0.4, -0.2) is 0 Å². The summed E-state index contributed by atoms with van der Waals surface area (Å²) in [6, 6.07) is 10.3. The molecule has 0 bridgehead atoms. The topological polar surface area (TPSA) is 0 Å². The molecule has 0 atom stereocenters. The Labute approximate surface area is 51.6 Å². The molecule has 0 heteroatoms. The zero-order valence-electron chi connectivity index (χ0n) is 5.96. The maximum Gasteiger partial charge on any atom is 1.00 e. The van der Waals surface area contributed by atoms with Gasteiger partial charge in [-0.05, 0) is 12.0 Å². The molecule has 0 saturated heterocycles. The molecular weight excluding hydrogens is 96.1 g/mol. The van der Waals surface area contributed by atoms with Crippen molar-refractivity contribution in [3.8, 4) is 0 Å². The molecule has 0 aliphatic rings. The molecule has 1 radical (unpaired) electrons. The Kier molecular flexibility index (Phi) is 1.68. The predicted molar refractivity (Wildman–Crippen MR) is 36.6 cm³/mol. The summed E-state index contributed by atoms with van der Waals surface area (Å²) in [5.74, 6) is 0. The fourth-order valence-corrected chi connectivity index (χ4v) is 0.645. The molecule has 8 heavy (non-hydrogen) atoms. The lowest BCUT2D eigenvalue weighted by molar-refractivity contribution is 1.43. The normalized spacial score (nSPS) is 9.12. The van der Waals surface area contributed by atoms with Crippen LogP contribution in [0.3, 0.4) is 0 Å². The molecule has 1 rings (SSSR count). The van der Waals surface area contributed by atoms with Crippen LogP contribution in [-0.2, 0) is 0 Å². The molecule has 0 nitrogen and oxygen atoms in total. The largest absolute Gasteiger partial charge is 1.00 e. The molecule has 0 spiro atoms. The van der Waals surface area contributed by atoms with Gasteiger partial charge in [0.15, 0.2) is 0 Å². The van der Waals surface area contributed by atoms with Gasteiger partial charge in [-0.1, -0.05) is 37.3 Å². The second kappa shape index (κ2) is 2.51. The first-order valence-corrected chi connectivity index (χ1v) is 2.78. The lowest BCUT2D eigenvalue weighted by Crippen LogP contribution is -1.70. The maximum absolute atomic E-state index is 2.08. The third kappa shape index (κ3) is 1.09. The number of hydrogen-bond acceptors (Lipinski definition) is 0. The van der Waals surface area contributed by atoms with Gasteiger partial charge in [-0.25, -0.2) is 0 Å². The van der Waals surface area contributed by atoms with Gasteiger partial charge in [-0.3, -0.25) is 0 Å². The second-order valence-electron chi connectivity index (χ2n) is 1.70. The highest BCUT2D eigenvalue weighted by Gasteiger charge is 1.80. The van der Waals surface area contributed by atoms with Crippen molar-refractivity contribution in [3.63, 3.8) is 0 Å². The van der Waals surface area contributed by atoms with E-state index in [2.05, 4.69) is 18.6 Å². The summed E-state index contributed by atoms with van der Waals surface area (Å²) < 4.78 is 0. The van der Waals surface area contributed by atoms with Crippen molar-refractivity contribution in [3.05, 3.63) is 42.3 Å². The molecule has 0 fully saturated rings. The van der Waals surface area contributed by atoms with E-state index in [9.17, 15) is 0 Å². The molecule has 0 N–H and O–H groups in total. The van der Waals surface area contributed by atoms with Gasteiger partial charge in [-0.15, -0.1) is 0 Å². The van der Waals surface area contributed by atoms with Gasteiger partial charge < -0.3 is 0 Å². The van der Waals surface area contributed by atoms with Crippen LogP contribution in [0.15, 0.2) is 30.3 Å². The first kappa shape index (κ1) is 5.36. The molecule has 0 saturated carbocycles. The summed E-state index contributed by atoms with van der Waals surface area (Å²) in [6.07, 6.45) is 2.08.